The van der Waals surface area contributed by atoms with E-state index in [-0.39, 0.29) is 0 Å². The van der Waals surface area contributed by atoms with Crippen molar-refractivity contribution in [2.45, 2.75) is 0 Å². The third-order valence-corrected chi connectivity index (χ3v) is 5.64. The maximum Gasteiger partial charge on any atom is 0.137 e. The number of halogens is 2. The number of nitrogen functional groups attached to an aromatic ring is 1. The smallest absolute Gasteiger partial charge is 0.137 e. The zero-order valence-electron chi connectivity index (χ0n) is 14.9. The molecule has 5 rings (SSSR count). The van der Waals surface area contributed by atoms with Crippen LogP contribution in [-0.4, -0.2) is 14.4 Å². The summed E-state index contributed by atoms with van der Waals surface area (Å²) in [5, 5.41) is 0. The molecule has 0 aliphatic heterocycles. The number of fused-ring (bicyclic) bond motifs is 3. The van der Waals surface area contributed by atoms with Gasteiger partial charge >= 0.3 is 0 Å². The fourth-order valence-corrected chi connectivity index (χ4v) is 3.00. The molecule has 0 atom stereocenters. The minimum Gasteiger partial charge on any atom is -0.384 e. The van der Waals surface area contributed by atoms with Crippen molar-refractivity contribution in [2.75, 3.05) is 5.73 Å². The van der Waals surface area contributed by atoms with Gasteiger partial charge < -0.3 is 5.73 Å². The topological polar surface area (TPSA) is 56.2 Å². The Labute approximate surface area is 180 Å². The van der Waals surface area contributed by atoms with Crippen LogP contribution in [0.1, 0.15) is 0 Å². The maximum atomic E-state index is 5.25. The fraction of sp³-hybridized carbons (Fsp3) is 0. The van der Waals surface area contributed by atoms with Crippen molar-refractivity contribution in [3.63, 3.8) is 0 Å². The summed E-state index contributed by atoms with van der Waals surface area (Å²) < 4.78 is 4.29. The number of imidazole rings is 1. The monoisotopic (exact) mass is 496 g/mol. The number of nitrogens with two attached hydrogens (primary N) is 1. The van der Waals surface area contributed by atoms with Gasteiger partial charge in [0.1, 0.15) is 11.5 Å². The van der Waals surface area contributed by atoms with E-state index in [4.69, 9.17) is 5.73 Å². The molecule has 3 aromatic heterocycles. The molecule has 140 valence electrons. The molecule has 0 aliphatic rings. The van der Waals surface area contributed by atoms with Gasteiger partial charge in [0.05, 0.1) is 11.0 Å². The van der Waals surface area contributed by atoms with Crippen molar-refractivity contribution < 1.29 is 0 Å². The maximum absolute atomic E-state index is 5.25. The Hall–Kier alpha value is -2.70. The van der Waals surface area contributed by atoms with Crippen molar-refractivity contribution in [2.24, 2.45) is 0 Å². The largest absolute Gasteiger partial charge is 0.384 e. The second-order valence-corrected chi connectivity index (χ2v) is 7.41. The number of aromatic nitrogens is 3. The normalized spacial score (nSPS) is 9.93. The third kappa shape index (κ3) is 5.41. The summed E-state index contributed by atoms with van der Waals surface area (Å²) in [6, 6.07) is 27.6. The van der Waals surface area contributed by atoms with Crippen LogP contribution in [0.15, 0.2) is 106 Å². The summed E-state index contributed by atoms with van der Waals surface area (Å²) in [7, 11) is 0. The summed E-state index contributed by atoms with van der Waals surface area (Å²) >= 11 is 6.70. The number of rotatable bonds is 0. The van der Waals surface area contributed by atoms with Crippen molar-refractivity contribution in [1.29, 1.82) is 0 Å². The van der Waals surface area contributed by atoms with Crippen molar-refractivity contribution >= 4 is 54.4 Å². The minimum absolute atomic E-state index is 0.572. The van der Waals surface area contributed by atoms with Gasteiger partial charge in [-0.15, -0.1) is 0 Å². The predicted molar refractivity (Wildman–Crippen MR) is 123 cm³/mol. The van der Waals surface area contributed by atoms with E-state index < -0.39 is 0 Å². The lowest BCUT2D eigenvalue weighted by atomic mass is 10.3. The molecule has 5 aromatic rings. The van der Waals surface area contributed by atoms with E-state index in [1.54, 1.807) is 12.3 Å². The Morgan fingerprint density at radius 3 is 1.96 bits per heavy atom. The first-order valence-electron chi connectivity index (χ1n) is 8.53. The van der Waals surface area contributed by atoms with Gasteiger partial charge in [-0.1, -0.05) is 36.4 Å². The van der Waals surface area contributed by atoms with E-state index in [1.807, 2.05) is 79.0 Å². The van der Waals surface area contributed by atoms with Crippen LogP contribution < -0.4 is 5.73 Å². The molecule has 3 heterocycles. The molecule has 0 aliphatic carbocycles. The van der Waals surface area contributed by atoms with Crippen LogP contribution in [0.4, 0.5) is 5.82 Å². The van der Waals surface area contributed by atoms with Gasteiger partial charge in [0.25, 0.3) is 0 Å². The second-order valence-electron chi connectivity index (χ2n) is 5.70. The highest BCUT2D eigenvalue weighted by molar-refractivity contribution is 9.13. The summed E-state index contributed by atoms with van der Waals surface area (Å²) in [5.41, 5.74) is 8.46. The summed E-state index contributed by atoms with van der Waals surface area (Å²) in [6.45, 7) is 0. The van der Waals surface area contributed by atoms with Gasteiger partial charge in [0, 0.05) is 21.3 Å². The van der Waals surface area contributed by atoms with Crippen LogP contribution in [0, 0.1) is 0 Å². The van der Waals surface area contributed by atoms with Gasteiger partial charge in [0.2, 0.25) is 0 Å². The molecule has 2 N–H and O–H groups in total. The molecule has 6 heteroatoms. The molecule has 4 nitrogen and oxygen atoms in total. The van der Waals surface area contributed by atoms with E-state index in [9.17, 15) is 0 Å². The number of pyridine rings is 2. The molecule has 0 fully saturated rings. The zero-order chi connectivity index (χ0) is 19.8. The lowest BCUT2D eigenvalue weighted by Gasteiger charge is -1.91. The minimum atomic E-state index is 0.572. The number of para-hydroxylation sites is 2. The van der Waals surface area contributed by atoms with Gasteiger partial charge in [-0.2, -0.15) is 0 Å². The van der Waals surface area contributed by atoms with Gasteiger partial charge in [-0.25, -0.2) is 9.97 Å². The van der Waals surface area contributed by atoms with Gasteiger partial charge in [-0.3, -0.25) is 4.40 Å². The Kier molecular flexibility index (Phi) is 7.17. The molecule has 0 saturated heterocycles. The number of hydrogen-bond donors (Lipinski definition) is 1. The summed E-state index contributed by atoms with van der Waals surface area (Å²) in [5.74, 6) is 0.572. The number of hydrogen-bond acceptors (Lipinski definition) is 3. The standard InChI is InChI=1S/C11H8N2.C6H4Br2.C5H6N2/c1-2-6-10-9(5-1)12-11-7-3-4-8-13(10)11;7-5-3-1-2-4-6(5)8;6-5-3-1-2-4-7-5/h1-8H;1-4H;1-4H,(H2,6,7). The van der Waals surface area contributed by atoms with Crippen LogP contribution in [0.25, 0.3) is 16.7 Å². The Balaban J connectivity index is 0.000000130. The number of anilines is 1. The second kappa shape index (κ2) is 10.0. The molecule has 0 unspecified atom stereocenters. The van der Waals surface area contributed by atoms with Crippen LogP contribution in [-0.2, 0) is 0 Å². The first-order chi connectivity index (χ1) is 13.6. The number of benzene rings is 2. The molecule has 0 spiro atoms. The Morgan fingerprint density at radius 1 is 0.714 bits per heavy atom. The van der Waals surface area contributed by atoms with Crippen molar-refractivity contribution in [1.82, 2.24) is 14.4 Å². The van der Waals surface area contributed by atoms with Crippen molar-refractivity contribution in [3.8, 4) is 0 Å². The quantitative estimate of drug-likeness (QED) is 0.270. The Bertz CT molecular complexity index is 1090. The molecule has 0 saturated carbocycles. The average molecular weight is 498 g/mol. The summed E-state index contributed by atoms with van der Waals surface area (Å²) in [4.78, 5) is 8.24. The Morgan fingerprint density at radius 2 is 1.36 bits per heavy atom. The molecular weight excluding hydrogens is 480 g/mol. The van der Waals surface area contributed by atoms with Crippen LogP contribution in [0.2, 0.25) is 0 Å². The first-order valence-corrected chi connectivity index (χ1v) is 10.1. The zero-order valence-corrected chi connectivity index (χ0v) is 18.1. The van der Waals surface area contributed by atoms with Crippen LogP contribution >= 0.6 is 31.9 Å². The van der Waals surface area contributed by atoms with E-state index in [0.717, 1.165) is 25.6 Å². The predicted octanol–water partition coefficient (Wildman–Crippen LogP) is 6.36. The highest BCUT2D eigenvalue weighted by Crippen LogP contribution is 2.20. The molecule has 0 bridgehead atoms. The third-order valence-electron chi connectivity index (χ3n) is 3.73. The van der Waals surface area contributed by atoms with E-state index in [0.29, 0.717) is 5.82 Å². The molecule has 28 heavy (non-hydrogen) atoms. The lowest BCUT2D eigenvalue weighted by Crippen LogP contribution is -1.85. The average Bonchev–Trinajstić information content (AvgIpc) is 3.11. The van der Waals surface area contributed by atoms with Crippen molar-refractivity contribution in [3.05, 3.63) is 106 Å². The molecule has 2 aromatic carbocycles. The van der Waals surface area contributed by atoms with Gasteiger partial charge in [0.15, 0.2) is 0 Å². The van der Waals surface area contributed by atoms with Crippen LogP contribution in [0.5, 0.6) is 0 Å². The SMILES string of the molecule is Brc1ccccc1Br.Nc1ccccn1.c1ccc2c(c1)nc1ccccn12. The van der Waals surface area contributed by atoms with E-state index >= 15 is 0 Å². The first kappa shape index (κ1) is 20.0. The lowest BCUT2D eigenvalue weighted by molar-refractivity contribution is 1.23. The van der Waals surface area contributed by atoms with Crippen LogP contribution in [0.3, 0.4) is 0 Å². The molecule has 0 amide bonds. The fourth-order valence-electron chi connectivity index (χ4n) is 2.43. The van der Waals surface area contributed by atoms with Gasteiger partial charge in [-0.05, 0) is 80.4 Å². The highest BCUT2D eigenvalue weighted by atomic mass is 79.9. The molecular formula is C22H18Br2N4. The number of nitrogens with zero attached hydrogens (tertiary/aromatic N) is 3. The highest BCUT2D eigenvalue weighted by Gasteiger charge is 2.00. The molecule has 0 radical (unpaired) electrons. The van der Waals surface area contributed by atoms with E-state index in [2.05, 4.69) is 52.3 Å². The van der Waals surface area contributed by atoms with E-state index in [1.165, 1.54) is 0 Å². The summed E-state index contributed by atoms with van der Waals surface area (Å²) in [6.07, 6.45) is 3.69.